The Morgan fingerprint density at radius 2 is 1.84 bits per heavy atom. The number of ether oxygens (including phenoxy) is 6. The van der Waals surface area contributed by atoms with Crippen LogP contribution in [-0.4, -0.2) is 72.5 Å². The van der Waals surface area contributed by atoms with Crippen LogP contribution in [0.25, 0.3) is 0 Å². The monoisotopic (exact) mass is 522 g/mol. The van der Waals surface area contributed by atoms with Crippen LogP contribution in [0.5, 0.6) is 0 Å². The first-order chi connectivity index (χ1) is 17.5. The maximum absolute atomic E-state index is 12.4. The quantitative estimate of drug-likeness (QED) is 0.315. The highest BCUT2D eigenvalue weighted by Gasteiger charge is 2.81. The number of aliphatic hydroxyl groups excluding tert-OH is 1. The molecule has 3 aliphatic heterocycles. The number of hydrogen-bond acceptors (Lipinski definition) is 10. The van der Waals surface area contributed by atoms with Crippen LogP contribution in [0.2, 0.25) is 0 Å². The van der Waals surface area contributed by atoms with Crippen molar-refractivity contribution in [3.63, 3.8) is 0 Å². The van der Waals surface area contributed by atoms with Crippen LogP contribution in [0.15, 0.2) is 12.3 Å². The minimum Gasteiger partial charge on any atom is -0.472 e. The zero-order valence-electron chi connectivity index (χ0n) is 22.1. The van der Waals surface area contributed by atoms with E-state index in [0.717, 1.165) is 6.42 Å². The van der Waals surface area contributed by atoms with Gasteiger partial charge >= 0.3 is 17.9 Å². The first kappa shape index (κ1) is 26.4. The van der Waals surface area contributed by atoms with Crippen molar-refractivity contribution in [3.8, 4) is 0 Å². The fourth-order valence-corrected chi connectivity index (χ4v) is 7.83. The molecule has 5 rings (SSSR count). The van der Waals surface area contributed by atoms with E-state index < -0.39 is 52.7 Å². The summed E-state index contributed by atoms with van der Waals surface area (Å²) in [6.07, 6.45) is 1.97. The Bertz CT molecular complexity index is 974. The number of aliphatic hydroxyl groups is 1. The van der Waals surface area contributed by atoms with Crippen molar-refractivity contribution in [1.29, 1.82) is 0 Å². The number of esters is 3. The first-order valence-corrected chi connectivity index (χ1v) is 13.3. The van der Waals surface area contributed by atoms with Gasteiger partial charge in [-0.1, -0.05) is 20.8 Å². The second-order valence-electron chi connectivity index (χ2n) is 11.6. The zero-order chi connectivity index (χ0) is 26.8. The van der Waals surface area contributed by atoms with E-state index in [4.69, 9.17) is 28.4 Å². The van der Waals surface area contributed by atoms with Gasteiger partial charge < -0.3 is 33.5 Å². The second kappa shape index (κ2) is 9.24. The van der Waals surface area contributed by atoms with Gasteiger partial charge in [0.1, 0.15) is 18.3 Å². The average Bonchev–Trinajstić information content (AvgIpc) is 3.32. The Balaban J connectivity index is 1.64. The topological polar surface area (TPSA) is 130 Å². The Labute approximate surface area is 216 Å². The van der Waals surface area contributed by atoms with E-state index in [9.17, 15) is 19.5 Å². The molecule has 10 heteroatoms. The minimum atomic E-state index is -1.18. The van der Waals surface area contributed by atoms with Crippen LogP contribution in [0.1, 0.15) is 60.3 Å². The normalized spacial score (nSPS) is 47.5. The SMILES string of the molecule is CCC(=O)O[C@H]1[C@H](O)CC2[C@](C)(C3CC4C=COC4O3)[C@@H](C)C[C@H](OC(C)=O)[C@@]2(COC(C)=O)[C@]12CO2. The fraction of sp³-hybridized carbons (Fsp3) is 0.815. The summed E-state index contributed by atoms with van der Waals surface area (Å²) < 4.78 is 35.7. The largest absolute Gasteiger partial charge is 0.472 e. The molecule has 0 amide bonds. The summed E-state index contributed by atoms with van der Waals surface area (Å²) in [5.74, 6) is -1.62. The van der Waals surface area contributed by atoms with Gasteiger partial charge in [0.2, 0.25) is 6.29 Å². The molecule has 2 saturated carbocycles. The van der Waals surface area contributed by atoms with Crippen molar-refractivity contribution < 1.29 is 47.9 Å². The highest BCUT2D eigenvalue weighted by molar-refractivity contribution is 5.69. The molecule has 5 aliphatic rings. The molecule has 0 aromatic heterocycles. The third-order valence-electron chi connectivity index (χ3n) is 9.84. The lowest BCUT2D eigenvalue weighted by atomic mass is 9.41. The summed E-state index contributed by atoms with van der Waals surface area (Å²) in [5.41, 5.74) is -2.78. The number of epoxide rings is 1. The fourth-order valence-electron chi connectivity index (χ4n) is 7.83. The molecule has 1 N–H and O–H groups in total. The van der Waals surface area contributed by atoms with Crippen molar-refractivity contribution in [2.24, 2.45) is 28.6 Å². The lowest BCUT2D eigenvalue weighted by molar-refractivity contribution is -0.283. The van der Waals surface area contributed by atoms with Crippen molar-refractivity contribution in [2.75, 3.05) is 13.2 Å². The highest BCUT2D eigenvalue weighted by atomic mass is 16.7. The first-order valence-electron chi connectivity index (χ1n) is 13.3. The van der Waals surface area contributed by atoms with E-state index in [1.165, 1.54) is 13.8 Å². The van der Waals surface area contributed by atoms with E-state index in [0.29, 0.717) is 6.42 Å². The molecule has 4 fully saturated rings. The lowest BCUT2D eigenvalue weighted by Gasteiger charge is -2.65. The standard InChI is InChI=1S/C27H38O10/c1-6-22(31)37-23-18(30)11-19-25(5,20-10-17-7-8-32-24(17)36-20)14(2)9-21(35-16(4)29)26(19,12-33-15(3)28)27(23)13-34-27/h7-8,14,17-21,23-24,30H,6,9-13H2,1-5H3/t14-,17?,18+,19?,20?,21-,23-,24?,25+,26-,27-/m0/s1. The molecule has 10 nitrogen and oxygen atoms in total. The van der Waals surface area contributed by atoms with Gasteiger partial charge in [-0.15, -0.1) is 0 Å². The Morgan fingerprint density at radius 1 is 1.11 bits per heavy atom. The molecule has 2 aliphatic carbocycles. The van der Waals surface area contributed by atoms with Gasteiger partial charge in [0, 0.05) is 31.6 Å². The van der Waals surface area contributed by atoms with Crippen molar-refractivity contribution in [3.05, 3.63) is 12.3 Å². The lowest BCUT2D eigenvalue weighted by Crippen LogP contribution is -2.74. The van der Waals surface area contributed by atoms with E-state index in [2.05, 4.69) is 13.8 Å². The highest BCUT2D eigenvalue weighted by Crippen LogP contribution is 2.70. The van der Waals surface area contributed by atoms with Gasteiger partial charge in [0.05, 0.1) is 30.5 Å². The van der Waals surface area contributed by atoms with Crippen LogP contribution in [0.3, 0.4) is 0 Å². The van der Waals surface area contributed by atoms with Crippen LogP contribution in [-0.2, 0) is 42.8 Å². The molecule has 2 saturated heterocycles. The van der Waals surface area contributed by atoms with Gasteiger partial charge in [0.15, 0.2) is 6.10 Å². The summed E-state index contributed by atoms with van der Waals surface area (Å²) in [7, 11) is 0. The molecule has 0 aromatic carbocycles. The van der Waals surface area contributed by atoms with Crippen LogP contribution >= 0.6 is 0 Å². The maximum Gasteiger partial charge on any atom is 0.305 e. The van der Waals surface area contributed by atoms with E-state index in [-0.39, 0.29) is 56.2 Å². The molecule has 37 heavy (non-hydrogen) atoms. The molecule has 0 bridgehead atoms. The van der Waals surface area contributed by atoms with Gasteiger partial charge in [0.25, 0.3) is 0 Å². The Hall–Kier alpha value is -2.17. The maximum atomic E-state index is 12.4. The van der Waals surface area contributed by atoms with Crippen molar-refractivity contribution in [2.45, 2.75) is 96.6 Å². The van der Waals surface area contributed by atoms with E-state index in [1.54, 1.807) is 13.2 Å². The summed E-state index contributed by atoms with van der Waals surface area (Å²) in [6, 6.07) is 0. The molecular formula is C27H38O10. The van der Waals surface area contributed by atoms with Gasteiger partial charge in [-0.25, -0.2) is 0 Å². The summed E-state index contributed by atoms with van der Waals surface area (Å²) >= 11 is 0. The third-order valence-corrected chi connectivity index (χ3v) is 9.84. The molecule has 11 atom stereocenters. The predicted molar refractivity (Wildman–Crippen MR) is 126 cm³/mol. The van der Waals surface area contributed by atoms with Gasteiger partial charge in [-0.2, -0.15) is 0 Å². The molecule has 1 spiro atoms. The molecule has 206 valence electrons. The minimum absolute atomic E-state index is 0.0119. The van der Waals surface area contributed by atoms with Crippen LogP contribution < -0.4 is 0 Å². The smallest absolute Gasteiger partial charge is 0.305 e. The number of hydrogen-bond donors (Lipinski definition) is 1. The Kier molecular flexibility index (Phi) is 6.60. The zero-order valence-corrected chi connectivity index (χ0v) is 22.1. The second-order valence-corrected chi connectivity index (χ2v) is 11.6. The number of fused-ring (bicyclic) bond motifs is 3. The molecular weight excluding hydrogens is 484 g/mol. The third kappa shape index (κ3) is 3.89. The average molecular weight is 523 g/mol. The van der Waals surface area contributed by atoms with E-state index in [1.807, 2.05) is 6.08 Å². The molecule has 0 radical (unpaired) electrons. The van der Waals surface area contributed by atoms with E-state index >= 15 is 0 Å². The Morgan fingerprint density at radius 3 is 2.43 bits per heavy atom. The van der Waals surface area contributed by atoms with Crippen molar-refractivity contribution in [1.82, 2.24) is 0 Å². The van der Waals surface area contributed by atoms with Crippen molar-refractivity contribution >= 4 is 17.9 Å². The van der Waals surface area contributed by atoms with Gasteiger partial charge in [-0.3, -0.25) is 14.4 Å². The molecule has 0 aromatic rings. The molecule has 3 heterocycles. The summed E-state index contributed by atoms with van der Waals surface area (Å²) in [5, 5.41) is 11.5. The van der Waals surface area contributed by atoms with Crippen LogP contribution in [0.4, 0.5) is 0 Å². The number of rotatable bonds is 6. The number of carbonyl (C=O) groups excluding carboxylic acids is 3. The predicted octanol–water partition coefficient (Wildman–Crippen LogP) is 2.26. The summed E-state index contributed by atoms with van der Waals surface area (Å²) in [6.45, 7) is 8.69. The van der Waals surface area contributed by atoms with Crippen LogP contribution in [0, 0.1) is 28.6 Å². The number of carbonyl (C=O) groups is 3. The summed E-state index contributed by atoms with van der Waals surface area (Å²) in [4.78, 5) is 36.9. The molecule has 4 unspecified atom stereocenters. The van der Waals surface area contributed by atoms with Gasteiger partial charge in [-0.05, 0) is 37.2 Å².